The van der Waals surface area contributed by atoms with Gasteiger partial charge in [0.05, 0.1) is 22.8 Å². The second-order valence-corrected chi connectivity index (χ2v) is 4.62. The van der Waals surface area contributed by atoms with Gasteiger partial charge in [0.1, 0.15) is 0 Å². The lowest BCUT2D eigenvalue weighted by Crippen LogP contribution is -2.33. The number of hydrogen-bond donors (Lipinski definition) is 2. The first-order valence-corrected chi connectivity index (χ1v) is 6.37. The van der Waals surface area contributed by atoms with Gasteiger partial charge in [-0.25, -0.2) is 0 Å². The van der Waals surface area contributed by atoms with Crippen LogP contribution in [0.2, 0.25) is 10.0 Å². The highest BCUT2D eigenvalue weighted by molar-refractivity contribution is 6.42. The monoisotopic (exact) mass is 303 g/mol. The van der Waals surface area contributed by atoms with Crippen molar-refractivity contribution in [2.75, 3.05) is 20.3 Å². The Labute approximate surface area is 122 Å². The van der Waals surface area contributed by atoms with E-state index in [-0.39, 0.29) is 19.1 Å². The van der Waals surface area contributed by atoms with Crippen LogP contribution in [0.15, 0.2) is 24.3 Å². The van der Waals surface area contributed by atoms with Crippen LogP contribution < -0.4 is 5.32 Å². The Morgan fingerprint density at radius 1 is 1.53 bits per heavy atom. The zero-order chi connectivity index (χ0) is 14.3. The van der Waals surface area contributed by atoms with Crippen molar-refractivity contribution in [1.82, 2.24) is 5.32 Å². The predicted molar refractivity (Wildman–Crippen MR) is 76.4 cm³/mol. The van der Waals surface area contributed by atoms with Crippen LogP contribution >= 0.6 is 23.2 Å². The summed E-state index contributed by atoms with van der Waals surface area (Å²) in [7, 11) is 1.48. The molecule has 0 aliphatic carbocycles. The fraction of sp³-hybridized carbons (Fsp3) is 0.308. The molecule has 0 aliphatic rings. The Morgan fingerprint density at radius 3 is 2.95 bits per heavy atom. The van der Waals surface area contributed by atoms with E-state index in [1.54, 1.807) is 24.3 Å². The third kappa shape index (κ3) is 5.61. The Balaban J connectivity index is 2.52. The van der Waals surface area contributed by atoms with Crippen molar-refractivity contribution >= 4 is 35.2 Å². The van der Waals surface area contributed by atoms with Gasteiger partial charge in [0.15, 0.2) is 0 Å². The van der Waals surface area contributed by atoms with Crippen LogP contribution in [0.3, 0.4) is 0 Å². The van der Waals surface area contributed by atoms with Gasteiger partial charge in [-0.15, -0.1) is 0 Å². The molecule has 0 saturated carbocycles. The van der Waals surface area contributed by atoms with E-state index in [2.05, 4.69) is 5.32 Å². The maximum absolute atomic E-state index is 11.5. The van der Waals surface area contributed by atoms with Crippen LogP contribution in [-0.4, -0.2) is 37.4 Å². The van der Waals surface area contributed by atoms with E-state index in [0.717, 1.165) is 0 Å². The fourth-order valence-corrected chi connectivity index (χ4v) is 1.71. The third-order valence-corrected chi connectivity index (χ3v) is 3.10. The minimum atomic E-state index is -0.725. The maximum Gasteiger partial charge on any atom is 0.244 e. The molecule has 0 aliphatic heterocycles. The number of rotatable bonds is 6. The van der Waals surface area contributed by atoms with Gasteiger partial charge in [-0.2, -0.15) is 0 Å². The Kier molecular flexibility index (Phi) is 6.87. The van der Waals surface area contributed by atoms with Crippen molar-refractivity contribution in [3.63, 3.8) is 0 Å². The molecule has 6 heteroatoms. The molecule has 0 saturated heterocycles. The van der Waals surface area contributed by atoms with Crippen molar-refractivity contribution < 1.29 is 14.6 Å². The van der Waals surface area contributed by atoms with Gasteiger partial charge in [0.2, 0.25) is 5.91 Å². The molecule has 0 radical (unpaired) electrons. The Bertz CT molecular complexity index is 463. The molecule has 104 valence electrons. The molecule has 1 atom stereocenters. The summed E-state index contributed by atoms with van der Waals surface area (Å²) in [4.78, 5) is 11.5. The summed E-state index contributed by atoms with van der Waals surface area (Å²) < 4.78 is 4.74. The molecule has 1 rings (SSSR count). The molecule has 19 heavy (non-hydrogen) atoms. The number of carbonyl (C=O) groups excluding carboxylic acids is 1. The van der Waals surface area contributed by atoms with Gasteiger partial charge < -0.3 is 15.2 Å². The molecule has 0 aromatic heterocycles. The van der Waals surface area contributed by atoms with Crippen molar-refractivity contribution in [1.29, 1.82) is 0 Å². The average molecular weight is 304 g/mol. The lowest BCUT2D eigenvalue weighted by atomic mass is 10.2. The lowest BCUT2D eigenvalue weighted by Gasteiger charge is -2.09. The zero-order valence-corrected chi connectivity index (χ0v) is 11.9. The predicted octanol–water partition coefficient (Wildman–Crippen LogP) is 2.13. The van der Waals surface area contributed by atoms with Gasteiger partial charge in [-0.3, -0.25) is 4.79 Å². The molecule has 1 aromatic carbocycles. The summed E-state index contributed by atoms with van der Waals surface area (Å²) in [5, 5.41) is 12.7. The molecule has 2 N–H and O–H groups in total. The Morgan fingerprint density at radius 2 is 2.26 bits per heavy atom. The van der Waals surface area contributed by atoms with E-state index in [9.17, 15) is 9.90 Å². The summed E-state index contributed by atoms with van der Waals surface area (Å²) in [6, 6.07) is 5.16. The largest absolute Gasteiger partial charge is 0.389 e. The molecule has 0 fully saturated rings. The third-order valence-electron chi connectivity index (χ3n) is 2.27. The highest BCUT2D eigenvalue weighted by Crippen LogP contribution is 2.26. The first kappa shape index (κ1) is 16.0. The average Bonchev–Trinajstić information content (AvgIpc) is 2.38. The number of amides is 1. The quantitative estimate of drug-likeness (QED) is 0.792. The van der Waals surface area contributed by atoms with Gasteiger partial charge in [-0.1, -0.05) is 35.3 Å². The van der Waals surface area contributed by atoms with Crippen LogP contribution in [-0.2, 0) is 9.53 Å². The van der Waals surface area contributed by atoms with Gasteiger partial charge in [0.25, 0.3) is 0 Å². The fourth-order valence-electron chi connectivity index (χ4n) is 1.34. The molecule has 1 aromatic rings. The van der Waals surface area contributed by atoms with Crippen molar-refractivity contribution in [3.05, 3.63) is 39.9 Å². The molecule has 1 amide bonds. The molecule has 0 spiro atoms. The number of methoxy groups -OCH3 is 1. The normalized spacial score (nSPS) is 12.6. The number of nitrogens with one attached hydrogen (secondary N) is 1. The number of ether oxygens (including phenoxy) is 1. The van der Waals surface area contributed by atoms with E-state index in [4.69, 9.17) is 27.9 Å². The van der Waals surface area contributed by atoms with E-state index < -0.39 is 6.10 Å². The summed E-state index contributed by atoms with van der Waals surface area (Å²) in [5.41, 5.74) is 0.654. The number of halogens is 2. The first-order chi connectivity index (χ1) is 9.04. The van der Waals surface area contributed by atoms with E-state index >= 15 is 0 Å². The minimum Gasteiger partial charge on any atom is -0.389 e. The van der Waals surface area contributed by atoms with Crippen LogP contribution in [0.5, 0.6) is 0 Å². The molecule has 0 heterocycles. The Hall–Kier alpha value is -1.07. The number of benzene rings is 1. The lowest BCUT2D eigenvalue weighted by molar-refractivity contribution is -0.117. The van der Waals surface area contributed by atoms with E-state index in [1.807, 2.05) is 0 Å². The summed E-state index contributed by atoms with van der Waals surface area (Å²) in [6.45, 7) is 0.296. The highest BCUT2D eigenvalue weighted by atomic mass is 35.5. The number of aliphatic hydroxyl groups excluding tert-OH is 1. The summed E-state index contributed by atoms with van der Waals surface area (Å²) in [5.74, 6) is -0.328. The maximum atomic E-state index is 11.5. The second-order valence-electron chi connectivity index (χ2n) is 3.83. The van der Waals surface area contributed by atoms with Gasteiger partial charge in [0, 0.05) is 19.7 Å². The number of hydrogen-bond acceptors (Lipinski definition) is 3. The van der Waals surface area contributed by atoms with Gasteiger partial charge >= 0.3 is 0 Å². The SMILES string of the molecule is COCC(O)CNC(=O)/C=C/c1cccc(Cl)c1Cl. The smallest absolute Gasteiger partial charge is 0.244 e. The van der Waals surface area contributed by atoms with Crippen molar-refractivity contribution in [2.45, 2.75) is 6.10 Å². The molecule has 4 nitrogen and oxygen atoms in total. The molecule has 0 bridgehead atoms. The highest BCUT2D eigenvalue weighted by Gasteiger charge is 2.05. The first-order valence-electron chi connectivity index (χ1n) is 5.61. The number of carbonyl (C=O) groups is 1. The van der Waals surface area contributed by atoms with Crippen molar-refractivity contribution in [3.8, 4) is 0 Å². The van der Waals surface area contributed by atoms with Crippen LogP contribution in [0.1, 0.15) is 5.56 Å². The van der Waals surface area contributed by atoms with Crippen LogP contribution in [0.25, 0.3) is 6.08 Å². The summed E-state index contributed by atoms with van der Waals surface area (Å²) >= 11 is 11.8. The van der Waals surface area contributed by atoms with Crippen molar-refractivity contribution in [2.24, 2.45) is 0 Å². The van der Waals surface area contributed by atoms with Crippen LogP contribution in [0, 0.1) is 0 Å². The molecular weight excluding hydrogens is 289 g/mol. The van der Waals surface area contributed by atoms with E-state index in [0.29, 0.717) is 15.6 Å². The molecule has 1 unspecified atom stereocenters. The molecular formula is C13H15Cl2NO3. The second kappa shape index (κ2) is 8.17. The van der Waals surface area contributed by atoms with E-state index in [1.165, 1.54) is 13.2 Å². The van der Waals surface area contributed by atoms with Gasteiger partial charge in [-0.05, 0) is 17.7 Å². The topological polar surface area (TPSA) is 58.6 Å². The zero-order valence-electron chi connectivity index (χ0n) is 10.4. The van der Waals surface area contributed by atoms with Crippen LogP contribution in [0.4, 0.5) is 0 Å². The number of aliphatic hydroxyl groups is 1. The standard InChI is InChI=1S/C13H15Cl2NO3/c1-19-8-10(17)7-16-12(18)6-5-9-3-2-4-11(14)13(9)15/h2-6,10,17H,7-8H2,1H3,(H,16,18)/b6-5+. The minimum absolute atomic E-state index is 0.125. The summed E-state index contributed by atoms with van der Waals surface area (Å²) in [6.07, 6.45) is 2.17.